The smallest absolute Gasteiger partial charge is 0.253 e. The van der Waals surface area contributed by atoms with Crippen molar-refractivity contribution >= 4 is 41.2 Å². The van der Waals surface area contributed by atoms with Crippen molar-refractivity contribution in [3.63, 3.8) is 0 Å². The minimum Gasteiger partial charge on any atom is -0.492 e. The second-order valence-electron chi connectivity index (χ2n) is 50.1. The Balaban J connectivity index is 0.000000285. The average Bonchev–Trinajstić information content (AvgIpc) is 1.04. The van der Waals surface area contributed by atoms with E-state index in [1.807, 2.05) is 96.4 Å². The van der Waals surface area contributed by atoms with E-state index in [2.05, 4.69) is 321 Å². The van der Waals surface area contributed by atoms with Gasteiger partial charge in [0.2, 0.25) is 23.6 Å². The van der Waals surface area contributed by atoms with Crippen LogP contribution < -0.4 is 21.1 Å². The van der Waals surface area contributed by atoms with Crippen LogP contribution in [0.4, 0.5) is 0 Å². The number of piperazine rings is 1. The van der Waals surface area contributed by atoms with Crippen molar-refractivity contribution in [2.45, 2.75) is 311 Å². The molecule has 8 aliphatic heterocycles. The van der Waals surface area contributed by atoms with Gasteiger partial charge in [-0.1, -0.05) is 313 Å². The van der Waals surface area contributed by atoms with Gasteiger partial charge >= 0.3 is 0 Å². The standard InChI is InChI=1S/C17H26N2O.C16H28N2O.C16H24N2O.C16H25NO.C14H26N2O.C12H21NO.C12H16O.C11H15NO.C9H17N/c1-17(2,3)14-7-5-13(6-8-14)16(20)18-15-9-11-19(4)12-10-15;1-16(2,3)14-7-11-18(12-8-14)15(19)13-5-9-17(4)10-6-13;1-16(2,3)14-7-5-13(6-8-14)15(19)18-11-9-17(4)10-12-18;1-16(2,3)14-6-8-15(9-7-14)18-13-12-17-10-4-5-11-17;1-14(2,3)12-6-10-16(11-7-12)13(17)8-9-15(4)5;1-5-11(14)13-8-6-10(7-9-13)12(2,3)4;1-9(13)10-5-7-11(8-6-10)12(2,3)4;1-11(2,3)9-6-4-8(5-7-9)10(12)13;1-9(2,3)8-4-6-10-7-5-8/h5-8,15H,9-12H2,1-4H3,(H,18,20);7,13H,5-6,8-12H2,1-4H3;5-8H,9-12H2,1-4H3;6-9H,4-5,10-13H2,1-3H3;6H,7-11H2,1-5H3;6H,5,7-9H2,1-4H3;5-8H,1-4H3;4-7H,1-3H3,(H2,12,13);4,10H,5-7H2,1-3H3. The molecule has 5 aromatic carbocycles. The first kappa shape index (κ1) is 125. The Morgan fingerprint density at radius 3 is 1.08 bits per heavy atom. The molecular formula is C123H198N12O8. The number of nitrogens with one attached hydrogen (secondary N) is 2. The summed E-state index contributed by atoms with van der Waals surface area (Å²) < 4.78 is 5.79. The number of likely N-dealkylation sites (tertiary alicyclic amines) is 3. The Labute approximate surface area is 869 Å². The number of carbonyl (C=O) groups excluding carboxylic acids is 7. The van der Waals surface area contributed by atoms with Crippen LogP contribution in [0.3, 0.4) is 0 Å². The monoisotopic (exact) mass is 1970 g/mol. The zero-order valence-corrected chi connectivity index (χ0v) is 96.2. The number of ether oxygens (including phenoxy) is 1. The maximum Gasteiger partial charge on any atom is 0.253 e. The zero-order chi connectivity index (χ0) is 107. The van der Waals surface area contributed by atoms with Crippen molar-refractivity contribution in [1.82, 2.24) is 54.7 Å². The number of benzene rings is 5. The molecule has 6 amide bonds. The van der Waals surface area contributed by atoms with E-state index in [1.165, 1.54) is 76.9 Å². The number of hydrogen-bond acceptors (Lipinski definition) is 14. The van der Waals surface area contributed by atoms with Crippen molar-refractivity contribution in [2.24, 2.45) is 33.3 Å². The fourth-order valence-electron chi connectivity index (χ4n) is 17.8. The lowest BCUT2D eigenvalue weighted by Crippen LogP contribution is -2.47. The number of likely N-dealkylation sites (N-methyl/N-ethyl adjacent to an activating group) is 1. The highest BCUT2D eigenvalue weighted by Gasteiger charge is 2.33. The highest BCUT2D eigenvalue weighted by molar-refractivity contribution is 5.96. The lowest BCUT2D eigenvalue weighted by Gasteiger charge is -2.36. The van der Waals surface area contributed by atoms with Gasteiger partial charge in [0, 0.05) is 132 Å². The van der Waals surface area contributed by atoms with Crippen molar-refractivity contribution in [3.8, 4) is 5.75 Å². The number of ketones is 1. The van der Waals surface area contributed by atoms with Crippen molar-refractivity contribution in [3.05, 3.63) is 218 Å². The summed E-state index contributed by atoms with van der Waals surface area (Å²) in [6.45, 7) is 83.6. The minimum absolute atomic E-state index is 0.0556. The van der Waals surface area contributed by atoms with E-state index in [9.17, 15) is 33.6 Å². The van der Waals surface area contributed by atoms with Gasteiger partial charge in [0.05, 0.1) is 0 Å². The van der Waals surface area contributed by atoms with Gasteiger partial charge in [0.1, 0.15) is 12.4 Å². The normalized spacial score (nSPS) is 17.4. The molecule has 4 N–H and O–H groups in total. The van der Waals surface area contributed by atoms with Gasteiger partial charge in [0.15, 0.2) is 5.78 Å². The number of amides is 6. The number of hydrogen-bond donors (Lipinski definition) is 3. The number of rotatable bonds is 14. The maximum atomic E-state index is 12.5. The highest BCUT2D eigenvalue weighted by Crippen LogP contribution is 2.36. The van der Waals surface area contributed by atoms with E-state index in [0.717, 1.165) is 192 Å². The van der Waals surface area contributed by atoms with E-state index >= 15 is 0 Å². The Kier molecular flexibility index (Phi) is 50.0. The first-order valence-electron chi connectivity index (χ1n) is 53.7. The summed E-state index contributed by atoms with van der Waals surface area (Å²) in [6, 6.07) is 40.1. The molecule has 0 aliphatic carbocycles. The van der Waals surface area contributed by atoms with Crippen LogP contribution in [-0.2, 0) is 41.5 Å². The first-order valence-corrected chi connectivity index (χ1v) is 53.7. The number of primary amides is 1. The van der Waals surface area contributed by atoms with Crippen LogP contribution >= 0.6 is 0 Å². The summed E-state index contributed by atoms with van der Waals surface area (Å²) in [5.74, 6) is 2.16. The summed E-state index contributed by atoms with van der Waals surface area (Å²) >= 11 is 0. The van der Waals surface area contributed by atoms with E-state index in [1.54, 1.807) is 24.6 Å². The molecular weight excluding hydrogens is 1770 g/mol. The van der Waals surface area contributed by atoms with Crippen molar-refractivity contribution < 1.29 is 38.3 Å². The van der Waals surface area contributed by atoms with Gasteiger partial charge in [-0.05, 0) is 277 Å². The number of nitrogens with zero attached hydrogens (tertiary/aromatic N) is 9. The SMILES string of the molecule is CC(=O)c1ccc(C(C)(C)C)cc1.CC(C)(C)C1=CCNCC1.CC(C)(C)c1ccc(C(N)=O)cc1.CC(C)(C)c1ccc(OCCN2CCCC2)cc1.CCC(=O)N1CC=C(C(C)(C)C)CC1.CN(C)CCC(=O)N1CC=C(C(C)(C)C)CC1.CN1CCC(C(=O)N2CC=C(C(C)(C)C)CC2)CC1.CN1CCC(NC(=O)c2ccc(C(C)(C)C)cc2)CC1.CN1CCN(C(=O)c2ccc(C(C)(C)C)cc2)CC1. The molecule has 0 unspecified atom stereocenters. The van der Waals surface area contributed by atoms with Crippen LogP contribution in [0.25, 0.3) is 0 Å². The van der Waals surface area contributed by atoms with Crippen LogP contribution in [-0.4, -0.2) is 264 Å². The molecule has 4 saturated heterocycles. The second-order valence-corrected chi connectivity index (χ2v) is 50.1. The topological polar surface area (TPSA) is 208 Å². The molecule has 0 bridgehead atoms. The molecule has 8 heterocycles. The molecule has 0 atom stereocenters. The van der Waals surface area contributed by atoms with Gasteiger partial charge < -0.3 is 60.3 Å². The summed E-state index contributed by atoms with van der Waals surface area (Å²) in [5, 5.41) is 6.46. The van der Waals surface area contributed by atoms with Crippen molar-refractivity contribution in [1.29, 1.82) is 0 Å². The van der Waals surface area contributed by atoms with Gasteiger partial charge in [-0.2, -0.15) is 0 Å². The Bertz CT molecular complexity index is 4750. The number of Topliss-reactive ketones (excluding diaryl/α,β-unsaturated/α-hetero) is 1. The predicted octanol–water partition coefficient (Wildman–Crippen LogP) is 23.1. The fraction of sp³-hybridized carbons (Fsp3) is 0.634. The van der Waals surface area contributed by atoms with Crippen molar-refractivity contribution in [2.75, 3.05) is 173 Å². The number of nitrogens with two attached hydrogens (primary N) is 1. The van der Waals surface area contributed by atoms with Gasteiger partial charge in [-0.3, -0.25) is 38.5 Å². The second kappa shape index (κ2) is 57.4. The molecule has 8 aliphatic rings. The predicted molar refractivity (Wildman–Crippen MR) is 602 cm³/mol. The average molecular weight is 1970 g/mol. The lowest BCUT2D eigenvalue weighted by atomic mass is 9.82. The van der Waals surface area contributed by atoms with Crippen LogP contribution in [0.15, 0.2) is 168 Å². The Morgan fingerprint density at radius 1 is 0.392 bits per heavy atom. The molecule has 0 spiro atoms. The summed E-state index contributed by atoms with van der Waals surface area (Å²) in [7, 11) is 10.4. The molecule has 0 radical (unpaired) electrons. The largest absolute Gasteiger partial charge is 0.492 e. The summed E-state index contributed by atoms with van der Waals surface area (Å²) in [4.78, 5) is 102. The third kappa shape index (κ3) is 46.0. The molecule has 13 rings (SSSR count). The quantitative estimate of drug-likeness (QED) is 0.0698. The molecule has 0 saturated carbocycles. The molecule has 4 fully saturated rings. The van der Waals surface area contributed by atoms with Crippen LogP contribution in [0.2, 0.25) is 0 Å². The zero-order valence-electron chi connectivity index (χ0n) is 96.2. The summed E-state index contributed by atoms with van der Waals surface area (Å²) in [6.07, 6.45) is 21.5. The third-order valence-corrected chi connectivity index (χ3v) is 28.3. The van der Waals surface area contributed by atoms with E-state index in [0.29, 0.717) is 35.8 Å². The van der Waals surface area contributed by atoms with E-state index in [4.69, 9.17) is 10.5 Å². The summed E-state index contributed by atoms with van der Waals surface area (Å²) in [5.41, 5.74) is 22.4. The highest BCUT2D eigenvalue weighted by atomic mass is 16.5. The Morgan fingerprint density at radius 2 is 0.741 bits per heavy atom. The van der Waals surface area contributed by atoms with E-state index in [-0.39, 0.29) is 84.6 Å². The molecule has 798 valence electrons. The third-order valence-electron chi connectivity index (χ3n) is 28.3. The van der Waals surface area contributed by atoms with Gasteiger partial charge in [-0.15, -0.1) is 0 Å². The molecule has 5 aromatic rings. The van der Waals surface area contributed by atoms with Gasteiger partial charge in [0.25, 0.3) is 11.8 Å². The molecule has 20 heteroatoms. The maximum absolute atomic E-state index is 12.5. The number of piperidine rings is 2. The van der Waals surface area contributed by atoms with E-state index < -0.39 is 0 Å². The molecule has 20 nitrogen and oxygen atoms in total. The molecule has 0 aromatic heterocycles. The van der Waals surface area contributed by atoms with Crippen LogP contribution in [0.5, 0.6) is 5.75 Å². The molecule has 143 heavy (non-hydrogen) atoms. The van der Waals surface area contributed by atoms with Gasteiger partial charge in [-0.25, -0.2) is 0 Å². The Hall–Kier alpha value is -8.89. The van der Waals surface area contributed by atoms with Crippen LogP contribution in [0.1, 0.15) is 347 Å². The first-order chi connectivity index (χ1) is 66.3. The minimum atomic E-state index is -0.375. The lowest BCUT2D eigenvalue weighted by molar-refractivity contribution is -0.136. The van der Waals surface area contributed by atoms with Crippen LogP contribution in [0, 0.1) is 27.6 Å². The number of carbonyl (C=O) groups is 7. The fourth-order valence-corrected chi connectivity index (χ4v) is 17.8.